The lowest BCUT2D eigenvalue weighted by Crippen LogP contribution is -2.28. The first-order valence-corrected chi connectivity index (χ1v) is 11.9. The number of hydrogen-bond donors (Lipinski definition) is 0. The number of aryl methyl sites for hydroxylation is 2. The van der Waals surface area contributed by atoms with Gasteiger partial charge in [-0.3, -0.25) is 9.97 Å². The summed E-state index contributed by atoms with van der Waals surface area (Å²) in [6, 6.07) is 6.59. The highest BCUT2D eigenvalue weighted by Crippen LogP contribution is 2.41. The molecule has 6 heterocycles. The molecule has 0 spiro atoms. The second-order valence-electron chi connectivity index (χ2n) is 8.90. The maximum atomic E-state index is 15.3. The molecule has 1 aliphatic heterocycles. The summed E-state index contributed by atoms with van der Waals surface area (Å²) in [5.74, 6) is -0.224. The van der Waals surface area contributed by atoms with Crippen LogP contribution in [-0.2, 0) is 11.8 Å². The van der Waals surface area contributed by atoms with Crippen molar-refractivity contribution < 1.29 is 9.13 Å². The molecule has 10 heteroatoms. The Hall–Kier alpha value is -3.43. The van der Waals surface area contributed by atoms with Gasteiger partial charge >= 0.3 is 0 Å². The van der Waals surface area contributed by atoms with Crippen molar-refractivity contribution in [2.24, 2.45) is 13.0 Å². The number of fused-ring (bicyclic) bond motifs is 3. The molecule has 1 unspecified atom stereocenters. The van der Waals surface area contributed by atoms with Gasteiger partial charge in [0.1, 0.15) is 11.0 Å². The number of rotatable bonds is 4. The number of aromatic nitrogens is 7. The number of halogens is 2. The van der Waals surface area contributed by atoms with Crippen LogP contribution in [0.1, 0.15) is 30.3 Å². The first-order chi connectivity index (χ1) is 17.0. The second kappa shape index (κ2) is 8.66. The van der Waals surface area contributed by atoms with E-state index in [-0.39, 0.29) is 17.8 Å². The molecule has 5 aromatic rings. The van der Waals surface area contributed by atoms with Gasteiger partial charge in [-0.2, -0.15) is 0 Å². The van der Waals surface area contributed by atoms with Crippen LogP contribution in [-0.4, -0.2) is 47.7 Å². The van der Waals surface area contributed by atoms with Crippen LogP contribution in [0, 0.1) is 18.7 Å². The minimum absolute atomic E-state index is 0.114. The fourth-order valence-electron chi connectivity index (χ4n) is 5.26. The van der Waals surface area contributed by atoms with Crippen LogP contribution < -0.4 is 0 Å². The van der Waals surface area contributed by atoms with E-state index < -0.39 is 0 Å². The molecule has 0 aromatic carbocycles. The Morgan fingerprint density at radius 2 is 1.94 bits per heavy atom. The van der Waals surface area contributed by atoms with E-state index in [1.54, 1.807) is 23.1 Å². The number of ether oxygens (including phenoxy) is 1. The van der Waals surface area contributed by atoms with E-state index >= 15 is 4.39 Å². The topological polar surface area (TPSA) is 83.5 Å². The molecule has 178 valence electrons. The molecule has 0 N–H and O–H groups in total. The Morgan fingerprint density at radius 1 is 1.11 bits per heavy atom. The normalized spacial score (nSPS) is 15.8. The molecule has 35 heavy (non-hydrogen) atoms. The monoisotopic (exact) mass is 491 g/mol. The molecule has 1 aliphatic rings. The molecule has 0 bridgehead atoms. The average molecular weight is 492 g/mol. The van der Waals surface area contributed by atoms with Crippen LogP contribution in [0.15, 0.2) is 42.9 Å². The standard InChI is InChI=1S/C25H23ClFN7O/c1-14-24(33(2)32-31-14)16-10-20-22(30-12-16)17-13-29-21(26)11-19(17)34(20)25(15-5-8-35-9-6-15)23-18(27)4-3-7-28-23/h3-4,7,10-13,15,25H,5-6,8-9H2,1-2H3. The third-order valence-corrected chi connectivity index (χ3v) is 7.02. The SMILES string of the molecule is Cc1nnn(C)c1-c1cnc2c3cnc(Cl)cc3n(C(c3ncccc3F)C3CCOCC3)c2c1. The molecule has 1 saturated heterocycles. The van der Waals surface area contributed by atoms with E-state index in [1.807, 2.05) is 26.2 Å². The van der Waals surface area contributed by atoms with Gasteiger partial charge in [0.15, 0.2) is 0 Å². The average Bonchev–Trinajstić information content (AvgIpc) is 3.36. The molecular weight excluding hydrogens is 469 g/mol. The third kappa shape index (κ3) is 3.66. The molecular formula is C25H23ClFN7O. The van der Waals surface area contributed by atoms with Crippen LogP contribution >= 0.6 is 11.6 Å². The van der Waals surface area contributed by atoms with Gasteiger partial charge in [0.2, 0.25) is 0 Å². The Bertz CT molecular complexity index is 1540. The van der Waals surface area contributed by atoms with Gasteiger partial charge < -0.3 is 9.30 Å². The van der Waals surface area contributed by atoms with Crippen molar-refractivity contribution in [2.75, 3.05) is 13.2 Å². The molecule has 0 saturated carbocycles. The summed E-state index contributed by atoms with van der Waals surface area (Å²) < 4.78 is 24.8. The largest absolute Gasteiger partial charge is 0.381 e. The summed E-state index contributed by atoms with van der Waals surface area (Å²) in [7, 11) is 1.85. The summed E-state index contributed by atoms with van der Waals surface area (Å²) in [6.45, 7) is 3.16. The molecule has 0 amide bonds. The zero-order valence-corrected chi connectivity index (χ0v) is 20.1. The molecule has 0 radical (unpaired) electrons. The van der Waals surface area contributed by atoms with Gasteiger partial charge in [-0.15, -0.1) is 5.10 Å². The van der Waals surface area contributed by atoms with Gasteiger partial charge in [0.05, 0.1) is 39.7 Å². The van der Waals surface area contributed by atoms with Crippen molar-refractivity contribution in [2.45, 2.75) is 25.8 Å². The van der Waals surface area contributed by atoms with Gasteiger partial charge in [-0.25, -0.2) is 14.1 Å². The number of nitrogens with zero attached hydrogens (tertiary/aromatic N) is 7. The van der Waals surface area contributed by atoms with Crippen molar-refractivity contribution in [1.29, 1.82) is 0 Å². The Balaban J connectivity index is 1.69. The molecule has 8 nitrogen and oxygen atoms in total. The van der Waals surface area contributed by atoms with Crippen molar-refractivity contribution in [3.8, 4) is 11.3 Å². The fourth-order valence-corrected chi connectivity index (χ4v) is 5.42. The smallest absolute Gasteiger partial charge is 0.146 e. The predicted molar refractivity (Wildman–Crippen MR) is 131 cm³/mol. The van der Waals surface area contributed by atoms with Crippen LogP contribution in [0.2, 0.25) is 5.15 Å². The summed E-state index contributed by atoms with van der Waals surface area (Å²) in [5, 5.41) is 9.56. The van der Waals surface area contributed by atoms with E-state index in [9.17, 15) is 0 Å². The highest BCUT2D eigenvalue weighted by molar-refractivity contribution is 6.30. The summed E-state index contributed by atoms with van der Waals surface area (Å²) >= 11 is 6.37. The predicted octanol–water partition coefficient (Wildman–Crippen LogP) is 4.89. The maximum Gasteiger partial charge on any atom is 0.146 e. The molecule has 1 atom stereocenters. The highest BCUT2D eigenvalue weighted by atomic mass is 35.5. The van der Waals surface area contributed by atoms with Crippen LogP contribution in [0.25, 0.3) is 33.2 Å². The lowest BCUT2D eigenvalue weighted by molar-refractivity contribution is 0.0543. The van der Waals surface area contributed by atoms with E-state index in [1.165, 1.54) is 6.07 Å². The van der Waals surface area contributed by atoms with Crippen molar-refractivity contribution >= 4 is 33.5 Å². The molecule has 5 aromatic heterocycles. The zero-order valence-electron chi connectivity index (χ0n) is 19.3. The lowest BCUT2D eigenvalue weighted by atomic mass is 9.88. The van der Waals surface area contributed by atoms with Gasteiger partial charge in [0.25, 0.3) is 0 Å². The van der Waals surface area contributed by atoms with E-state index in [4.69, 9.17) is 21.3 Å². The number of pyridine rings is 3. The minimum atomic E-state index is -0.374. The van der Waals surface area contributed by atoms with Crippen molar-refractivity contribution in [3.05, 3.63) is 65.2 Å². The first kappa shape index (κ1) is 22.1. The Labute approximate surface area is 205 Å². The highest BCUT2D eigenvalue weighted by Gasteiger charge is 2.33. The Morgan fingerprint density at radius 3 is 2.69 bits per heavy atom. The first-order valence-electron chi connectivity index (χ1n) is 11.5. The second-order valence-corrected chi connectivity index (χ2v) is 9.29. The summed E-state index contributed by atoms with van der Waals surface area (Å²) in [4.78, 5) is 13.7. The van der Waals surface area contributed by atoms with E-state index in [0.717, 1.165) is 51.7 Å². The zero-order chi connectivity index (χ0) is 24.1. The fraction of sp³-hybridized carbons (Fsp3) is 0.320. The Kier molecular flexibility index (Phi) is 5.46. The van der Waals surface area contributed by atoms with Crippen LogP contribution in [0.5, 0.6) is 0 Å². The third-order valence-electron chi connectivity index (χ3n) is 6.82. The van der Waals surface area contributed by atoms with Crippen molar-refractivity contribution in [1.82, 2.24) is 34.5 Å². The maximum absolute atomic E-state index is 15.3. The van der Waals surface area contributed by atoms with Crippen LogP contribution in [0.4, 0.5) is 4.39 Å². The quantitative estimate of drug-likeness (QED) is 0.333. The van der Waals surface area contributed by atoms with E-state index in [0.29, 0.717) is 24.1 Å². The lowest BCUT2D eigenvalue weighted by Gasteiger charge is -2.32. The van der Waals surface area contributed by atoms with Gasteiger partial charge in [-0.1, -0.05) is 16.8 Å². The van der Waals surface area contributed by atoms with Gasteiger partial charge in [-0.05, 0) is 49.9 Å². The van der Waals surface area contributed by atoms with Gasteiger partial charge in [0, 0.05) is 49.8 Å². The summed E-state index contributed by atoms with van der Waals surface area (Å²) in [6.07, 6.45) is 6.77. The number of hydrogen-bond acceptors (Lipinski definition) is 6. The van der Waals surface area contributed by atoms with E-state index in [2.05, 4.69) is 30.9 Å². The molecule has 1 fully saturated rings. The summed E-state index contributed by atoms with van der Waals surface area (Å²) in [5.41, 5.74) is 5.41. The molecule has 6 rings (SSSR count). The van der Waals surface area contributed by atoms with Crippen LogP contribution in [0.3, 0.4) is 0 Å². The minimum Gasteiger partial charge on any atom is -0.381 e. The van der Waals surface area contributed by atoms with Crippen molar-refractivity contribution in [3.63, 3.8) is 0 Å². The molecule has 0 aliphatic carbocycles.